The van der Waals surface area contributed by atoms with Gasteiger partial charge in [-0.25, -0.2) is 0 Å². The molecule has 106 valence electrons. The maximum Gasteiger partial charge on any atom is 0.180 e. The molecule has 0 saturated heterocycles. The van der Waals surface area contributed by atoms with Crippen LogP contribution in [0, 0.1) is 0 Å². The van der Waals surface area contributed by atoms with E-state index in [9.17, 15) is 4.79 Å². The van der Waals surface area contributed by atoms with Crippen molar-refractivity contribution >= 4 is 27.4 Å². The van der Waals surface area contributed by atoms with Gasteiger partial charge in [-0.05, 0) is 35.4 Å². The Bertz CT molecular complexity index is 677. The zero-order chi connectivity index (χ0) is 15.2. The SMILES string of the molecule is COc1ccc(C(=O)C(Br)c2ccc(N=[N+]=[N-])cc2)cc1. The third-order valence-corrected chi connectivity index (χ3v) is 3.90. The van der Waals surface area contributed by atoms with E-state index in [4.69, 9.17) is 10.3 Å². The second-order valence-electron chi connectivity index (χ2n) is 4.24. The molecule has 2 rings (SSSR count). The van der Waals surface area contributed by atoms with Gasteiger partial charge in [0.05, 0.1) is 7.11 Å². The Morgan fingerprint density at radius 3 is 2.33 bits per heavy atom. The average Bonchev–Trinajstić information content (AvgIpc) is 2.54. The molecule has 0 aliphatic heterocycles. The molecule has 0 saturated carbocycles. The van der Waals surface area contributed by atoms with Crippen LogP contribution in [0.15, 0.2) is 53.6 Å². The van der Waals surface area contributed by atoms with E-state index in [0.29, 0.717) is 17.0 Å². The van der Waals surface area contributed by atoms with Gasteiger partial charge in [0.2, 0.25) is 0 Å². The molecule has 1 atom stereocenters. The lowest BCUT2D eigenvalue weighted by molar-refractivity contribution is 0.0991. The molecule has 0 heterocycles. The van der Waals surface area contributed by atoms with Crippen LogP contribution in [0.1, 0.15) is 20.7 Å². The summed E-state index contributed by atoms with van der Waals surface area (Å²) in [5.74, 6) is 0.658. The minimum absolute atomic E-state index is 0.0470. The number of ketones is 1. The minimum Gasteiger partial charge on any atom is -0.497 e. The summed E-state index contributed by atoms with van der Waals surface area (Å²) < 4.78 is 5.07. The Balaban J connectivity index is 2.19. The molecule has 0 bridgehead atoms. The van der Waals surface area contributed by atoms with Crippen LogP contribution in [0.2, 0.25) is 0 Å². The van der Waals surface area contributed by atoms with Crippen molar-refractivity contribution < 1.29 is 9.53 Å². The summed E-state index contributed by atoms with van der Waals surface area (Å²) in [4.78, 5) is 14.6. The van der Waals surface area contributed by atoms with E-state index in [1.54, 1.807) is 55.6 Å². The Morgan fingerprint density at radius 2 is 1.81 bits per heavy atom. The number of Topliss-reactive ketones (excluding diaryl/α,β-unsaturated/α-hetero) is 1. The van der Waals surface area contributed by atoms with Gasteiger partial charge in [0.1, 0.15) is 10.6 Å². The lowest BCUT2D eigenvalue weighted by Crippen LogP contribution is -2.06. The molecular formula is C15H12BrN3O2. The molecule has 0 aliphatic carbocycles. The zero-order valence-electron chi connectivity index (χ0n) is 11.2. The van der Waals surface area contributed by atoms with Crippen LogP contribution in [0.5, 0.6) is 5.75 Å². The number of alkyl halides is 1. The molecule has 0 radical (unpaired) electrons. The smallest absolute Gasteiger partial charge is 0.180 e. The minimum atomic E-state index is -0.453. The van der Waals surface area contributed by atoms with Crippen molar-refractivity contribution in [3.05, 3.63) is 70.1 Å². The van der Waals surface area contributed by atoms with E-state index < -0.39 is 4.83 Å². The monoisotopic (exact) mass is 345 g/mol. The molecule has 6 heteroatoms. The molecule has 5 nitrogen and oxygen atoms in total. The molecule has 1 unspecified atom stereocenters. The third-order valence-electron chi connectivity index (χ3n) is 2.95. The molecule has 2 aromatic rings. The molecule has 21 heavy (non-hydrogen) atoms. The fourth-order valence-electron chi connectivity index (χ4n) is 1.81. The van der Waals surface area contributed by atoms with Crippen molar-refractivity contribution in [1.29, 1.82) is 0 Å². The van der Waals surface area contributed by atoms with E-state index in [-0.39, 0.29) is 5.78 Å². The second-order valence-corrected chi connectivity index (χ2v) is 5.15. The first-order valence-electron chi connectivity index (χ1n) is 6.13. The van der Waals surface area contributed by atoms with Gasteiger partial charge >= 0.3 is 0 Å². The molecule has 0 aliphatic rings. The molecule has 0 fully saturated rings. The average molecular weight is 346 g/mol. The molecule has 0 N–H and O–H groups in total. The molecule has 0 amide bonds. The number of carbonyl (C=O) groups excluding carboxylic acids is 1. The van der Waals surface area contributed by atoms with Crippen molar-refractivity contribution in [2.75, 3.05) is 7.11 Å². The van der Waals surface area contributed by atoms with Crippen molar-refractivity contribution in [1.82, 2.24) is 0 Å². The lowest BCUT2D eigenvalue weighted by Gasteiger charge is -2.10. The Labute approximate surface area is 130 Å². The lowest BCUT2D eigenvalue weighted by atomic mass is 10.0. The normalized spacial score (nSPS) is 11.3. The summed E-state index contributed by atoms with van der Waals surface area (Å²) in [5.41, 5.74) is 10.3. The fourth-order valence-corrected chi connectivity index (χ4v) is 2.38. The molecule has 2 aromatic carbocycles. The Morgan fingerprint density at radius 1 is 1.19 bits per heavy atom. The first kappa shape index (κ1) is 15.1. The Kier molecular flexibility index (Phi) is 4.98. The van der Waals surface area contributed by atoms with Crippen LogP contribution in [0.3, 0.4) is 0 Å². The number of methoxy groups -OCH3 is 1. The van der Waals surface area contributed by atoms with E-state index in [1.807, 2.05) is 0 Å². The summed E-state index contributed by atoms with van der Waals surface area (Å²) in [6.07, 6.45) is 0. The first-order valence-corrected chi connectivity index (χ1v) is 7.04. The first-order chi connectivity index (χ1) is 10.2. The van der Waals surface area contributed by atoms with Crippen molar-refractivity contribution in [2.24, 2.45) is 5.11 Å². The van der Waals surface area contributed by atoms with Crippen molar-refractivity contribution in [3.63, 3.8) is 0 Å². The number of ether oxygens (including phenoxy) is 1. The van der Waals surface area contributed by atoms with Crippen LogP contribution in [-0.4, -0.2) is 12.9 Å². The van der Waals surface area contributed by atoms with Crippen molar-refractivity contribution in [3.8, 4) is 5.75 Å². The van der Waals surface area contributed by atoms with E-state index in [0.717, 1.165) is 5.56 Å². The van der Waals surface area contributed by atoms with Gasteiger partial charge in [-0.2, -0.15) is 0 Å². The number of hydrogen-bond donors (Lipinski definition) is 0. The van der Waals surface area contributed by atoms with E-state index >= 15 is 0 Å². The van der Waals surface area contributed by atoms with E-state index in [2.05, 4.69) is 26.0 Å². The van der Waals surface area contributed by atoms with Crippen LogP contribution in [0.25, 0.3) is 10.4 Å². The molecule has 0 spiro atoms. The third kappa shape index (κ3) is 3.62. The van der Waals surface area contributed by atoms with Crippen LogP contribution < -0.4 is 4.74 Å². The van der Waals surface area contributed by atoms with Gasteiger partial charge in [0, 0.05) is 16.2 Å². The van der Waals surface area contributed by atoms with E-state index in [1.165, 1.54) is 0 Å². The van der Waals surface area contributed by atoms with Gasteiger partial charge in [0.25, 0.3) is 0 Å². The highest BCUT2D eigenvalue weighted by molar-refractivity contribution is 9.09. The highest BCUT2D eigenvalue weighted by Crippen LogP contribution is 2.29. The zero-order valence-corrected chi connectivity index (χ0v) is 12.8. The highest BCUT2D eigenvalue weighted by Gasteiger charge is 2.18. The molecular weight excluding hydrogens is 334 g/mol. The number of nitrogens with zero attached hydrogens (tertiary/aromatic N) is 3. The fraction of sp³-hybridized carbons (Fsp3) is 0.133. The maximum atomic E-state index is 12.4. The summed E-state index contributed by atoms with van der Waals surface area (Å²) >= 11 is 3.40. The highest BCUT2D eigenvalue weighted by atomic mass is 79.9. The quantitative estimate of drug-likeness (QED) is 0.252. The predicted octanol–water partition coefficient (Wildman–Crippen LogP) is 4.96. The van der Waals surface area contributed by atoms with Crippen LogP contribution in [-0.2, 0) is 0 Å². The van der Waals surface area contributed by atoms with Gasteiger partial charge in [-0.1, -0.05) is 45.3 Å². The number of benzene rings is 2. The summed E-state index contributed by atoms with van der Waals surface area (Å²) in [7, 11) is 1.58. The second kappa shape index (κ2) is 6.92. The van der Waals surface area contributed by atoms with Gasteiger partial charge in [-0.3, -0.25) is 4.79 Å². The number of rotatable bonds is 5. The van der Waals surface area contributed by atoms with Crippen LogP contribution >= 0.6 is 15.9 Å². The van der Waals surface area contributed by atoms with Gasteiger partial charge in [-0.15, -0.1) is 0 Å². The largest absolute Gasteiger partial charge is 0.497 e. The summed E-state index contributed by atoms with van der Waals surface area (Å²) in [5, 5.41) is 3.50. The van der Waals surface area contributed by atoms with Crippen molar-refractivity contribution in [2.45, 2.75) is 4.83 Å². The standard InChI is InChI=1S/C15H12BrN3O2/c1-21-13-8-4-11(5-9-13)15(20)14(16)10-2-6-12(7-3-10)18-19-17/h2-9,14H,1H3. The summed E-state index contributed by atoms with van der Waals surface area (Å²) in [6.45, 7) is 0. The Hall–Kier alpha value is -2.30. The number of carbonyl (C=O) groups is 1. The topological polar surface area (TPSA) is 75.1 Å². The predicted molar refractivity (Wildman–Crippen MR) is 84.2 cm³/mol. The molecule has 0 aromatic heterocycles. The number of halogens is 1. The number of azide groups is 1. The van der Waals surface area contributed by atoms with Gasteiger partial charge < -0.3 is 4.74 Å². The number of hydrogen-bond acceptors (Lipinski definition) is 3. The maximum absolute atomic E-state index is 12.4. The van der Waals surface area contributed by atoms with Gasteiger partial charge in [0.15, 0.2) is 5.78 Å². The van der Waals surface area contributed by atoms with Crippen LogP contribution in [0.4, 0.5) is 5.69 Å². The summed E-state index contributed by atoms with van der Waals surface area (Å²) in [6, 6.07) is 13.8.